The van der Waals surface area contributed by atoms with Crippen LogP contribution in [0.1, 0.15) is 40.0 Å². The van der Waals surface area contributed by atoms with Gasteiger partial charge in [-0.2, -0.15) is 0 Å². The summed E-state index contributed by atoms with van der Waals surface area (Å²) in [4.78, 5) is 2.28. The molecule has 0 aliphatic heterocycles. The van der Waals surface area contributed by atoms with Crippen LogP contribution in [-0.2, 0) is 0 Å². The van der Waals surface area contributed by atoms with Crippen LogP contribution >= 0.6 is 0 Å². The Morgan fingerprint density at radius 1 is 1.42 bits per heavy atom. The summed E-state index contributed by atoms with van der Waals surface area (Å²) in [5.41, 5.74) is 1.28. The lowest BCUT2D eigenvalue weighted by Gasteiger charge is -2.22. The Balaban J connectivity index is 3.56. The largest absolute Gasteiger partial charge is 0.378 e. The van der Waals surface area contributed by atoms with Gasteiger partial charge < -0.3 is 4.90 Å². The number of allylic oxidation sites excluding steroid dienone is 1. The molecule has 0 aromatic heterocycles. The molecule has 1 nitrogen and oxygen atoms in total. The van der Waals surface area contributed by atoms with Gasteiger partial charge in [0.05, 0.1) is 0 Å². The van der Waals surface area contributed by atoms with Gasteiger partial charge in [-0.3, -0.25) is 0 Å². The summed E-state index contributed by atoms with van der Waals surface area (Å²) < 4.78 is 0. The smallest absolute Gasteiger partial charge is 0.0174 e. The second kappa shape index (κ2) is 6.10. The van der Waals surface area contributed by atoms with E-state index < -0.39 is 0 Å². The van der Waals surface area contributed by atoms with Crippen LogP contribution in [0.4, 0.5) is 0 Å². The fourth-order valence-corrected chi connectivity index (χ4v) is 1.09. The molecule has 0 bridgehead atoms. The van der Waals surface area contributed by atoms with Gasteiger partial charge in [0.15, 0.2) is 0 Å². The van der Waals surface area contributed by atoms with Crippen molar-refractivity contribution in [2.24, 2.45) is 5.92 Å². The van der Waals surface area contributed by atoms with E-state index in [4.69, 9.17) is 0 Å². The monoisotopic (exact) mass is 169 g/mol. The minimum absolute atomic E-state index is 0.793. The number of nitrogens with zero attached hydrogens (tertiary/aromatic N) is 1. The first-order valence-corrected chi connectivity index (χ1v) is 4.96. The van der Waals surface area contributed by atoms with Crippen molar-refractivity contribution in [3.63, 3.8) is 0 Å². The number of hydrogen-bond acceptors (Lipinski definition) is 1. The second-order valence-electron chi connectivity index (χ2n) is 3.92. The Morgan fingerprint density at radius 3 is 2.42 bits per heavy atom. The summed E-state index contributed by atoms with van der Waals surface area (Å²) in [5.74, 6) is 0.793. The Labute approximate surface area is 77.5 Å². The van der Waals surface area contributed by atoms with E-state index >= 15 is 0 Å². The molecular weight excluding hydrogens is 146 g/mol. The third-order valence-electron chi connectivity index (χ3n) is 2.12. The van der Waals surface area contributed by atoms with Crippen molar-refractivity contribution >= 4 is 0 Å². The third kappa shape index (κ3) is 5.22. The highest BCUT2D eigenvalue weighted by Crippen LogP contribution is 2.09. The first-order valence-electron chi connectivity index (χ1n) is 4.96. The van der Waals surface area contributed by atoms with Crippen LogP contribution in [-0.4, -0.2) is 18.5 Å². The summed E-state index contributed by atoms with van der Waals surface area (Å²) >= 11 is 0. The Kier molecular flexibility index (Phi) is 5.87. The zero-order valence-corrected chi connectivity index (χ0v) is 9.06. The maximum absolute atomic E-state index is 4.05. The van der Waals surface area contributed by atoms with Crippen molar-refractivity contribution in [3.8, 4) is 0 Å². The average Bonchev–Trinajstić information content (AvgIpc) is 2.00. The van der Waals surface area contributed by atoms with E-state index in [0.29, 0.717) is 0 Å². The topological polar surface area (TPSA) is 3.24 Å². The molecule has 72 valence electrons. The highest BCUT2D eigenvalue weighted by molar-refractivity contribution is 4.91. The highest BCUT2D eigenvalue weighted by Gasteiger charge is 2.01. The van der Waals surface area contributed by atoms with Gasteiger partial charge in [0, 0.05) is 19.3 Å². The van der Waals surface area contributed by atoms with Gasteiger partial charge in [-0.05, 0) is 18.8 Å². The molecule has 0 atom stereocenters. The molecule has 12 heavy (non-hydrogen) atoms. The van der Waals surface area contributed by atoms with E-state index in [1.165, 1.54) is 18.5 Å². The number of rotatable bonds is 6. The first kappa shape index (κ1) is 11.5. The zero-order valence-electron chi connectivity index (χ0n) is 9.06. The Hall–Kier alpha value is -0.460. The van der Waals surface area contributed by atoms with Crippen molar-refractivity contribution in [2.45, 2.75) is 40.0 Å². The quantitative estimate of drug-likeness (QED) is 0.590. The molecule has 0 saturated carbocycles. The van der Waals surface area contributed by atoms with Crippen LogP contribution in [0.2, 0.25) is 0 Å². The van der Waals surface area contributed by atoms with Crippen LogP contribution in [0.3, 0.4) is 0 Å². The molecule has 0 radical (unpaired) electrons. The van der Waals surface area contributed by atoms with Crippen LogP contribution < -0.4 is 0 Å². The fraction of sp³-hybridized carbons (Fsp3) is 0.818. The lowest BCUT2D eigenvalue weighted by atomic mass is 10.1. The molecular formula is C11H23N. The minimum Gasteiger partial charge on any atom is -0.378 e. The van der Waals surface area contributed by atoms with Gasteiger partial charge in [0.2, 0.25) is 0 Å². The number of hydrogen-bond donors (Lipinski definition) is 0. The fourth-order valence-electron chi connectivity index (χ4n) is 1.09. The van der Waals surface area contributed by atoms with E-state index in [1.807, 2.05) is 0 Å². The minimum atomic E-state index is 0.793. The van der Waals surface area contributed by atoms with Gasteiger partial charge in [0.1, 0.15) is 0 Å². The van der Waals surface area contributed by atoms with Crippen LogP contribution in [0.15, 0.2) is 12.3 Å². The summed E-state index contributed by atoms with van der Waals surface area (Å²) in [6, 6.07) is 0. The summed E-state index contributed by atoms with van der Waals surface area (Å²) in [5, 5.41) is 0. The van der Waals surface area contributed by atoms with Crippen LogP contribution in [0.25, 0.3) is 0 Å². The third-order valence-corrected chi connectivity index (χ3v) is 2.12. The van der Waals surface area contributed by atoms with Crippen molar-refractivity contribution in [2.75, 3.05) is 13.6 Å². The molecule has 0 aromatic rings. The SMILES string of the molecule is C=C(CCC)N(C)CCC(C)C. The maximum atomic E-state index is 4.05. The molecule has 0 aromatic carbocycles. The maximum Gasteiger partial charge on any atom is 0.0174 e. The van der Waals surface area contributed by atoms with Crippen LogP contribution in [0.5, 0.6) is 0 Å². The van der Waals surface area contributed by atoms with Crippen LogP contribution in [0, 0.1) is 5.92 Å². The van der Waals surface area contributed by atoms with Crippen molar-refractivity contribution in [1.82, 2.24) is 4.90 Å². The lowest BCUT2D eigenvalue weighted by Crippen LogP contribution is -2.19. The molecule has 0 amide bonds. The summed E-state index contributed by atoms with van der Waals surface area (Å²) in [6.07, 6.45) is 3.60. The predicted molar refractivity (Wildman–Crippen MR) is 56.1 cm³/mol. The molecule has 0 N–H and O–H groups in total. The van der Waals surface area contributed by atoms with Gasteiger partial charge in [-0.1, -0.05) is 33.8 Å². The van der Waals surface area contributed by atoms with E-state index in [2.05, 4.69) is 39.3 Å². The highest BCUT2D eigenvalue weighted by atomic mass is 15.1. The molecule has 0 aliphatic carbocycles. The second-order valence-corrected chi connectivity index (χ2v) is 3.92. The van der Waals surface area contributed by atoms with Gasteiger partial charge >= 0.3 is 0 Å². The van der Waals surface area contributed by atoms with Crippen molar-refractivity contribution < 1.29 is 0 Å². The normalized spacial score (nSPS) is 10.4. The van der Waals surface area contributed by atoms with Gasteiger partial charge in [-0.15, -0.1) is 0 Å². The molecule has 0 heterocycles. The van der Waals surface area contributed by atoms with E-state index in [0.717, 1.165) is 18.9 Å². The lowest BCUT2D eigenvalue weighted by molar-refractivity contribution is 0.366. The molecule has 0 fully saturated rings. The van der Waals surface area contributed by atoms with Gasteiger partial charge in [-0.25, -0.2) is 0 Å². The first-order chi connectivity index (χ1) is 5.57. The van der Waals surface area contributed by atoms with E-state index in [-0.39, 0.29) is 0 Å². The van der Waals surface area contributed by atoms with Gasteiger partial charge in [0.25, 0.3) is 0 Å². The Bertz CT molecular complexity index is 127. The molecule has 0 spiro atoms. The molecule has 1 heteroatoms. The molecule has 0 unspecified atom stereocenters. The summed E-state index contributed by atoms with van der Waals surface area (Å²) in [6.45, 7) is 11.9. The summed E-state index contributed by atoms with van der Waals surface area (Å²) in [7, 11) is 2.14. The van der Waals surface area contributed by atoms with Crippen molar-refractivity contribution in [1.29, 1.82) is 0 Å². The average molecular weight is 169 g/mol. The standard InChI is InChI=1S/C11H23N/c1-6-7-11(4)12(5)9-8-10(2)3/h10H,4,6-9H2,1-3,5H3. The van der Waals surface area contributed by atoms with E-state index in [9.17, 15) is 0 Å². The predicted octanol–water partition coefficient (Wildman–Crippen LogP) is 3.28. The zero-order chi connectivity index (χ0) is 9.56. The van der Waals surface area contributed by atoms with Crippen molar-refractivity contribution in [3.05, 3.63) is 12.3 Å². The Morgan fingerprint density at radius 2 is 2.00 bits per heavy atom. The molecule has 0 rings (SSSR count). The molecule has 0 saturated heterocycles. The van der Waals surface area contributed by atoms with E-state index in [1.54, 1.807) is 0 Å². The molecule has 0 aliphatic rings.